The van der Waals surface area contributed by atoms with Crippen LogP contribution in [0.3, 0.4) is 0 Å². The van der Waals surface area contributed by atoms with Crippen LogP contribution >= 0.6 is 0 Å². The average molecular weight is 1310 g/mol. The van der Waals surface area contributed by atoms with Gasteiger partial charge in [0, 0.05) is 29.0 Å². The number of halogens is 24. The van der Waals surface area contributed by atoms with Crippen molar-refractivity contribution in [3.63, 3.8) is 0 Å². The molecule has 90 heavy (non-hydrogen) atoms. The number of hydrogen-bond acceptors (Lipinski definition) is 0. The van der Waals surface area contributed by atoms with E-state index in [0.717, 1.165) is 12.5 Å². The number of nitrogens with zero attached hydrogens (tertiary/aromatic N) is 1. The molecule has 0 amide bonds. The molecule has 8 rings (SSSR count). The average Bonchev–Trinajstić information content (AvgIpc) is 0.741. The summed E-state index contributed by atoms with van der Waals surface area (Å²) in [7, 11) is 0. The number of aromatic nitrogens is 1. The molecule has 0 atom stereocenters. The maximum absolute atomic E-state index is 14.2. The number of rotatable bonds is 16. The molecule has 1 aromatic heterocycles. The molecule has 1 nitrogen and oxygen atoms in total. The zero-order chi connectivity index (χ0) is 66.6. The molecule has 6 aromatic carbocycles. The lowest BCUT2D eigenvalue weighted by molar-refractivity contribution is -0.671. The number of para-hydroxylation sites is 1. The number of hydrogen-bond donors (Lipinski definition) is 0. The van der Waals surface area contributed by atoms with Gasteiger partial charge in [-0.3, -0.25) is 0 Å². The summed E-state index contributed by atoms with van der Waals surface area (Å²) < 4.78 is 343. The number of unbranched alkanes of at least 4 members (excludes halogenated alkanes) is 7. The first-order valence-electron chi connectivity index (χ1n) is 28.4. The predicted molar refractivity (Wildman–Crippen MR) is 292 cm³/mol. The lowest BCUT2D eigenvalue weighted by Crippen LogP contribution is -2.75. The molecule has 488 valence electrons. The maximum Gasteiger partial charge on any atom is 0.416 e. The number of fused-ring (bicyclic) bond motifs is 1. The largest absolute Gasteiger partial charge is 0.416 e. The molecule has 1 aliphatic carbocycles. The third kappa shape index (κ3) is 17.4. The van der Waals surface area contributed by atoms with E-state index in [1.54, 1.807) is 5.69 Å². The standard InChI is InChI=1S/C32H12BF24.C32H44N/c34-25(35,36)13-1-14(26(37,38)39)6-21(5-13)33(22-7-15(27(40,41)42)2-16(8-22)28(43,44)45,23-9-17(29(46,47)48)3-18(10-23)30(49,50)51)24-11-19(31(52,53)54)4-20(12-24)32(55,56)57;1-2-3-4-5-6-7-8-10-15-27-20-22-30(23-21-27)32-25-24-29-18-13-14-19-31(29)33(32)26-28-16-11-9-12-17-28/h1-12H;9,11-14,16-19,24-25,27,30H,2-8,10,15,20-23,26H2,1H3/q-1;+1. The summed E-state index contributed by atoms with van der Waals surface area (Å²) in [6.07, 6.45) is -36.3. The van der Waals surface area contributed by atoms with E-state index in [2.05, 4.69) is 78.2 Å². The Hall–Kier alpha value is -6.89. The monoisotopic (exact) mass is 1310 g/mol. The first-order valence-corrected chi connectivity index (χ1v) is 28.4. The Morgan fingerprint density at radius 1 is 0.344 bits per heavy atom. The molecule has 0 spiro atoms. The first kappa shape index (κ1) is 70.6. The Labute approximate surface area is 501 Å². The van der Waals surface area contributed by atoms with Crippen LogP contribution < -0.4 is 26.4 Å². The molecule has 0 unspecified atom stereocenters. The minimum Gasteiger partial charge on any atom is -0.194 e. The van der Waals surface area contributed by atoms with Crippen LogP contribution in [0.1, 0.15) is 152 Å². The number of benzene rings is 6. The second-order valence-electron chi connectivity index (χ2n) is 22.6. The van der Waals surface area contributed by atoms with Gasteiger partial charge in [-0.25, -0.2) is 0 Å². The quantitative estimate of drug-likeness (QED) is 0.0393. The van der Waals surface area contributed by atoms with Gasteiger partial charge in [0.1, 0.15) is 6.15 Å². The van der Waals surface area contributed by atoms with Gasteiger partial charge in [-0.2, -0.15) is 132 Å². The molecule has 1 saturated carbocycles. The van der Waals surface area contributed by atoms with Gasteiger partial charge in [0.05, 0.1) is 44.5 Å². The van der Waals surface area contributed by atoms with E-state index in [1.165, 1.54) is 99.9 Å². The lowest BCUT2D eigenvalue weighted by Gasteiger charge is -2.46. The summed E-state index contributed by atoms with van der Waals surface area (Å²) in [6.45, 7) is 3.27. The van der Waals surface area contributed by atoms with Crippen LogP contribution in [-0.2, 0) is 56.0 Å². The Morgan fingerprint density at radius 3 is 0.989 bits per heavy atom. The molecular weight excluding hydrogens is 1250 g/mol. The van der Waals surface area contributed by atoms with Crippen molar-refractivity contribution in [2.45, 2.75) is 152 Å². The smallest absolute Gasteiger partial charge is 0.194 e. The fraction of sp³-hybridized carbons (Fsp3) is 0.391. The first-order chi connectivity index (χ1) is 41.6. The van der Waals surface area contributed by atoms with Gasteiger partial charge in [0.15, 0.2) is 12.2 Å². The van der Waals surface area contributed by atoms with E-state index in [0.29, 0.717) is 5.92 Å². The summed E-state index contributed by atoms with van der Waals surface area (Å²) in [5, 5.41) is 1.35. The Bertz CT molecular complexity index is 3100. The van der Waals surface area contributed by atoms with E-state index in [4.69, 9.17) is 0 Å². The molecule has 1 heterocycles. The van der Waals surface area contributed by atoms with Crippen molar-refractivity contribution in [3.05, 3.63) is 195 Å². The molecule has 0 bridgehead atoms. The van der Waals surface area contributed by atoms with Crippen molar-refractivity contribution >= 4 is 38.9 Å². The van der Waals surface area contributed by atoms with Crippen molar-refractivity contribution in [2.75, 3.05) is 0 Å². The SMILES string of the molecule is CCCCCCCCCCC1CCC(c2ccc3ccccc3[n+]2Cc2ccccc2)CC1.FC(F)(F)c1cc([B-](c2cc(C(F)(F)F)cc(C(F)(F)F)c2)(c2cc(C(F)(F)F)cc(C(F)(F)F)c2)c2cc(C(F)(F)F)cc(C(F)(F)F)c2)cc(C(F)(F)F)c1. The maximum atomic E-state index is 14.2. The fourth-order valence-electron chi connectivity index (χ4n) is 12.0. The highest BCUT2D eigenvalue weighted by Crippen LogP contribution is 2.43. The van der Waals surface area contributed by atoms with Crippen LogP contribution in [0.2, 0.25) is 0 Å². The van der Waals surface area contributed by atoms with Crippen LogP contribution in [0.4, 0.5) is 105 Å². The number of pyridine rings is 1. The van der Waals surface area contributed by atoms with Crippen LogP contribution in [0.25, 0.3) is 10.9 Å². The van der Waals surface area contributed by atoms with Crippen molar-refractivity contribution < 1.29 is 110 Å². The molecule has 0 radical (unpaired) electrons. The van der Waals surface area contributed by atoms with Crippen LogP contribution in [0, 0.1) is 5.92 Å². The summed E-state index contributed by atoms with van der Waals surface area (Å²) in [5.74, 6) is 1.66. The van der Waals surface area contributed by atoms with Gasteiger partial charge in [-0.1, -0.05) is 156 Å². The van der Waals surface area contributed by atoms with Crippen LogP contribution in [-0.4, -0.2) is 6.15 Å². The Balaban J connectivity index is 0.000000294. The van der Waals surface area contributed by atoms with Gasteiger partial charge >= 0.3 is 49.4 Å². The van der Waals surface area contributed by atoms with Gasteiger partial charge in [0.2, 0.25) is 5.52 Å². The predicted octanol–water partition coefficient (Wildman–Crippen LogP) is 20.2. The minimum atomic E-state index is -6.13. The van der Waals surface area contributed by atoms with Crippen molar-refractivity contribution in [1.29, 1.82) is 0 Å². The second-order valence-corrected chi connectivity index (χ2v) is 22.6. The van der Waals surface area contributed by atoms with E-state index < -0.39 is 195 Å². The van der Waals surface area contributed by atoms with E-state index in [9.17, 15) is 105 Å². The molecule has 1 fully saturated rings. The molecule has 26 heteroatoms. The highest BCUT2D eigenvalue weighted by Gasteiger charge is 2.47. The Morgan fingerprint density at radius 2 is 0.656 bits per heavy atom. The minimum absolute atomic E-state index is 0.691. The summed E-state index contributed by atoms with van der Waals surface area (Å²) in [4.78, 5) is 0. The van der Waals surface area contributed by atoms with Gasteiger partial charge < -0.3 is 0 Å². The molecular formula is C64H56BF24N. The van der Waals surface area contributed by atoms with Gasteiger partial charge in [-0.15, -0.1) is 0 Å². The van der Waals surface area contributed by atoms with E-state index >= 15 is 0 Å². The highest BCUT2D eigenvalue weighted by molar-refractivity contribution is 7.20. The molecule has 7 aromatic rings. The van der Waals surface area contributed by atoms with Crippen LogP contribution in [0.5, 0.6) is 0 Å². The zero-order valence-corrected chi connectivity index (χ0v) is 47.4. The second kappa shape index (κ2) is 27.1. The zero-order valence-electron chi connectivity index (χ0n) is 47.4. The normalized spacial score (nSPS) is 15.9. The molecule has 0 saturated heterocycles. The molecule has 0 aliphatic heterocycles. The summed E-state index contributed by atoms with van der Waals surface area (Å²) in [6, 6.07) is 15.8. The van der Waals surface area contributed by atoms with Crippen molar-refractivity contribution in [3.8, 4) is 0 Å². The van der Waals surface area contributed by atoms with Crippen molar-refractivity contribution in [2.24, 2.45) is 5.92 Å². The third-order valence-electron chi connectivity index (χ3n) is 16.3. The third-order valence-corrected chi connectivity index (χ3v) is 16.3. The van der Waals surface area contributed by atoms with Crippen molar-refractivity contribution in [1.82, 2.24) is 0 Å². The lowest BCUT2D eigenvalue weighted by atomic mass is 9.12. The number of alkyl halides is 24. The van der Waals surface area contributed by atoms with E-state index in [-0.39, 0.29) is 0 Å². The summed E-state index contributed by atoms with van der Waals surface area (Å²) in [5.41, 5.74) is -25.9. The highest BCUT2D eigenvalue weighted by atomic mass is 19.4. The Kier molecular flexibility index (Phi) is 21.3. The fourth-order valence-corrected chi connectivity index (χ4v) is 12.0. The topological polar surface area (TPSA) is 3.88 Å². The van der Waals surface area contributed by atoms with Crippen LogP contribution in [0.15, 0.2) is 140 Å². The van der Waals surface area contributed by atoms with Gasteiger partial charge in [-0.05, 0) is 68.0 Å². The summed E-state index contributed by atoms with van der Waals surface area (Å²) >= 11 is 0. The van der Waals surface area contributed by atoms with E-state index in [1.807, 2.05) is 0 Å². The molecule has 1 aliphatic rings. The van der Waals surface area contributed by atoms with Gasteiger partial charge in [0.25, 0.3) is 0 Å². The molecule has 0 N–H and O–H groups in total.